The second-order valence-electron chi connectivity index (χ2n) is 7.50. The van der Waals surface area contributed by atoms with Crippen LogP contribution in [0.3, 0.4) is 0 Å². The number of nitrogens with zero attached hydrogens (tertiary/aromatic N) is 3. The molecule has 0 bridgehead atoms. The molecular formula is C24H26N4O6S. The third kappa shape index (κ3) is 6.59. The molecule has 1 aromatic carbocycles. The van der Waals surface area contributed by atoms with Crippen molar-refractivity contribution in [1.82, 2.24) is 15.0 Å². The number of methoxy groups -OCH3 is 1. The van der Waals surface area contributed by atoms with Crippen molar-refractivity contribution in [1.29, 1.82) is 0 Å². The van der Waals surface area contributed by atoms with Gasteiger partial charge < -0.3 is 19.3 Å². The molecule has 0 aliphatic rings. The number of aromatic nitrogens is 3. The van der Waals surface area contributed by atoms with Crippen LogP contribution in [-0.2, 0) is 10.0 Å². The lowest BCUT2D eigenvalue weighted by Crippen LogP contribution is -2.17. The topological polar surface area (TPSA) is 133 Å². The maximum absolute atomic E-state index is 13.1. The fourth-order valence-corrected chi connectivity index (χ4v) is 3.83. The SMILES string of the molecule is COc1ccccc1Oc1c(NS(=O)(=O)c2ccc(C(C)C)cn2)nc(C)nc1OCC#CCO. The highest BCUT2D eigenvalue weighted by molar-refractivity contribution is 7.92. The van der Waals surface area contributed by atoms with Crippen LogP contribution in [0.15, 0.2) is 47.6 Å². The van der Waals surface area contributed by atoms with Crippen LogP contribution in [0.4, 0.5) is 5.82 Å². The first-order valence-corrected chi connectivity index (χ1v) is 12.1. The summed E-state index contributed by atoms with van der Waals surface area (Å²) < 4.78 is 45.6. The van der Waals surface area contributed by atoms with Crippen LogP contribution < -0.4 is 18.9 Å². The number of aliphatic hydroxyl groups is 1. The fraction of sp³-hybridized carbons (Fsp3) is 0.292. The van der Waals surface area contributed by atoms with Gasteiger partial charge in [-0.05, 0) is 36.6 Å². The Morgan fingerprint density at radius 1 is 1.09 bits per heavy atom. The number of anilines is 1. The van der Waals surface area contributed by atoms with Gasteiger partial charge in [-0.3, -0.25) is 4.72 Å². The monoisotopic (exact) mass is 498 g/mol. The molecule has 11 heteroatoms. The van der Waals surface area contributed by atoms with Crippen LogP contribution >= 0.6 is 0 Å². The molecule has 0 saturated heterocycles. The van der Waals surface area contributed by atoms with Crippen molar-refractivity contribution in [2.75, 3.05) is 25.0 Å². The van der Waals surface area contributed by atoms with Gasteiger partial charge in [0.15, 0.2) is 28.9 Å². The van der Waals surface area contributed by atoms with Crippen molar-refractivity contribution in [2.24, 2.45) is 0 Å². The zero-order valence-electron chi connectivity index (χ0n) is 19.8. The summed E-state index contributed by atoms with van der Waals surface area (Å²) in [5.41, 5.74) is 0.904. The molecule has 0 saturated carbocycles. The summed E-state index contributed by atoms with van der Waals surface area (Å²) in [5, 5.41) is 8.68. The number of nitrogens with one attached hydrogen (secondary N) is 1. The van der Waals surface area contributed by atoms with E-state index in [0.29, 0.717) is 5.75 Å². The highest BCUT2D eigenvalue weighted by Gasteiger charge is 2.25. The van der Waals surface area contributed by atoms with Gasteiger partial charge in [-0.2, -0.15) is 13.4 Å². The second kappa shape index (κ2) is 11.5. The van der Waals surface area contributed by atoms with Crippen molar-refractivity contribution in [2.45, 2.75) is 31.7 Å². The lowest BCUT2D eigenvalue weighted by atomic mass is 10.1. The van der Waals surface area contributed by atoms with Crippen LogP contribution in [0.5, 0.6) is 23.1 Å². The van der Waals surface area contributed by atoms with Gasteiger partial charge >= 0.3 is 0 Å². The Morgan fingerprint density at radius 3 is 2.46 bits per heavy atom. The summed E-state index contributed by atoms with van der Waals surface area (Å²) in [6, 6.07) is 9.94. The van der Waals surface area contributed by atoms with Gasteiger partial charge in [0.1, 0.15) is 12.4 Å². The van der Waals surface area contributed by atoms with E-state index in [9.17, 15) is 8.42 Å². The van der Waals surface area contributed by atoms with E-state index in [1.54, 1.807) is 37.3 Å². The number of para-hydroxylation sites is 2. The molecule has 0 unspecified atom stereocenters. The van der Waals surface area contributed by atoms with Gasteiger partial charge in [0.25, 0.3) is 15.9 Å². The van der Waals surface area contributed by atoms with Gasteiger partial charge in [0.05, 0.1) is 7.11 Å². The molecule has 2 N–H and O–H groups in total. The van der Waals surface area contributed by atoms with Crippen molar-refractivity contribution in [3.63, 3.8) is 0 Å². The molecule has 0 spiro atoms. The van der Waals surface area contributed by atoms with E-state index in [4.69, 9.17) is 19.3 Å². The Bertz CT molecular complexity index is 1330. The molecule has 2 heterocycles. The summed E-state index contributed by atoms with van der Waals surface area (Å²) in [6.07, 6.45) is 1.52. The van der Waals surface area contributed by atoms with Gasteiger partial charge in [0, 0.05) is 6.20 Å². The predicted molar refractivity (Wildman–Crippen MR) is 129 cm³/mol. The van der Waals surface area contributed by atoms with E-state index in [2.05, 4.69) is 31.5 Å². The molecular weight excluding hydrogens is 472 g/mol. The summed E-state index contributed by atoms with van der Waals surface area (Å²) >= 11 is 0. The van der Waals surface area contributed by atoms with E-state index in [1.807, 2.05) is 13.8 Å². The van der Waals surface area contributed by atoms with E-state index in [-0.39, 0.29) is 53.2 Å². The van der Waals surface area contributed by atoms with E-state index in [1.165, 1.54) is 19.4 Å². The normalized spacial score (nSPS) is 10.9. The van der Waals surface area contributed by atoms with E-state index < -0.39 is 10.0 Å². The number of pyridine rings is 1. The third-order valence-electron chi connectivity index (χ3n) is 4.64. The fourth-order valence-electron chi connectivity index (χ4n) is 2.89. The molecule has 35 heavy (non-hydrogen) atoms. The van der Waals surface area contributed by atoms with Crippen molar-refractivity contribution in [3.05, 3.63) is 54.0 Å². The number of rotatable bonds is 9. The molecule has 0 atom stereocenters. The van der Waals surface area contributed by atoms with Crippen molar-refractivity contribution >= 4 is 15.8 Å². The molecule has 0 amide bonds. The highest BCUT2D eigenvalue weighted by Crippen LogP contribution is 2.40. The van der Waals surface area contributed by atoms with Gasteiger partial charge in [-0.15, -0.1) is 0 Å². The van der Waals surface area contributed by atoms with Gasteiger partial charge in [-0.25, -0.2) is 9.97 Å². The number of hydrogen-bond acceptors (Lipinski definition) is 9. The number of aryl methyl sites for hydroxylation is 1. The summed E-state index contributed by atoms with van der Waals surface area (Å²) in [6.45, 7) is 5.10. The number of aliphatic hydroxyl groups excluding tert-OH is 1. The zero-order chi connectivity index (χ0) is 25.4. The summed E-state index contributed by atoms with van der Waals surface area (Å²) in [7, 11) is -2.65. The first-order valence-electron chi connectivity index (χ1n) is 10.6. The van der Waals surface area contributed by atoms with Crippen LogP contribution in [0.1, 0.15) is 31.2 Å². The lowest BCUT2D eigenvalue weighted by Gasteiger charge is -2.17. The van der Waals surface area contributed by atoms with E-state index in [0.717, 1.165) is 5.56 Å². The Kier molecular flexibility index (Phi) is 8.46. The third-order valence-corrected chi connectivity index (χ3v) is 5.90. The maximum Gasteiger partial charge on any atom is 0.280 e. The van der Waals surface area contributed by atoms with Gasteiger partial charge in [-0.1, -0.05) is 43.9 Å². The average Bonchev–Trinajstić information content (AvgIpc) is 2.83. The number of hydrogen-bond donors (Lipinski definition) is 2. The summed E-state index contributed by atoms with van der Waals surface area (Å²) in [4.78, 5) is 12.6. The molecule has 10 nitrogen and oxygen atoms in total. The van der Waals surface area contributed by atoms with Crippen LogP contribution in [0.25, 0.3) is 0 Å². The first-order chi connectivity index (χ1) is 16.7. The predicted octanol–water partition coefficient (Wildman–Crippen LogP) is 3.28. The minimum absolute atomic E-state index is 0.0449. The largest absolute Gasteiger partial charge is 0.493 e. The maximum atomic E-state index is 13.1. The Hall–Kier alpha value is -3.88. The molecule has 0 aliphatic heterocycles. The van der Waals surface area contributed by atoms with Crippen LogP contribution in [0, 0.1) is 18.8 Å². The summed E-state index contributed by atoms with van der Waals surface area (Å²) in [5.74, 6) is 5.91. The Balaban J connectivity index is 2.05. The van der Waals surface area contributed by atoms with Gasteiger partial charge in [0.2, 0.25) is 5.75 Å². The highest BCUT2D eigenvalue weighted by atomic mass is 32.2. The molecule has 2 aromatic heterocycles. The number of sulfonamides is 1. The van der Waals surface area contributed by atoms with Crippen LogP contribution in [-0.4, -0.2) is 48.8 Å². The Labute approximate surface area is 204 Å². The molecule has 3 aromatic rings. The molecule has 3 rings (SSSR count). The van der Waals surface area contributed by atoms with E-state index >= 15 is 0 Å². The second-order valence-corrected chi connectivity index (χ2v) is 9.13. The molecule has 184 valence electrons. The molecule has 0 fully saturated rings. The lowest BCUT2D eigenvalue weighted by molar-refractivity contribution is 0.322. The van der Waals surface area contributed by atoms with Crippen molar-refractivity contribution < 1.29 is 27.7 Å². The number of benzene rings is 1. The standard InChI is InChI=1S/C24H26N4O6S/c1-16(2)18-11-12-21(25-15-18)35(30,31)28-23-22(34-20-10-6-5-9-19(20)32-4)24(27-17(3)26-23)33-14-8-7-13-29/h5-6,9-12,15-16,29H,13-14H2,1-4H3,(H,26,27,28). The average molecular weight is 499 g/mol. The quantitative estimate of drug-likeness (QED) is 0.426. The molecule has 0 radical (unpaired) electrons. The van der Waals surface area contributed by atoms with Crippen LogP contribution in [0.2, 0.25) is 0 Å². The first kappa shape index (κ1) is 25.7. The molecule has 0 aliphatic carbocycles. The Morgan fingerprint density at radius 2 is 1.83 bits per heavy atom. The zero-order valence-corrected chi connectivity index (χ0v) is 20.6. The minimum Gasteiger partial charge on any atom is -0.493 e. The minimum atomic E-state index is -4.13. The smallest absolute Gasteiger partial charge is 0.280 e. The number of ether oxygens (including phenoxy) is 3. The van der Waals surface area contributed by atoms with Crippen molar-refractivity contribution in [3.8, 4) is 35.0 Å².